The Hall–Kier alpha value is -1.37. The second-order valence-corrected chi connectivity index (χ2v) is 4.55. The van der Waals surface area contributed by atoms with Crippen LogP contribution in [0.1, 0.15) is 13.3 Å². The van der Waals surface area contributed by atoms with Gasteiger partial charge in [0.05, 0.1) is 25.5 Å². The van der Waals surface area contributed by atoms with Crippen LogP contribution in [0.4, 0.5) is 10.1 Å². The fourth-order valence-electron chi connectivity index (χ4n) is 2.05. The summed E-state index contributed by atoms with van der Waals surface area (Å²) in [5, 5.41) is 5.95. The SMILES string of the molecule is CCOc1cc(F)ccc1NC(=O)CC1COCCN1.Cl. The van der Waals surface area contributed by atoms with Gasteiger partial charge in [-0.05, 0) is 19.1 Å². The molecule has 1 saturated heterocycles. The number of amides is 1. The summed E-state index contributed by atoms with van der Waals surface area (Å²) in [4.78, 5) is 12.0. The van der Waals surface area contributed by atoms with E-state index in [2.05, 4.69) is 10.6 Å². The Morgan fingerprint density at radius 2 is 2.38 bits per heavy atom. The number of hydrogen-bond donors (Lipinski definition) is 2. The van der Waals surface area contributed by atoms with Crippen LogP contribution in [-0.2, 0) is 9.53 Å². The zero-order chi connectivity index (χ0) is 14.4. The molecule has 7 heteroatoms. The lowest BCUT2D eigenvalue weighted by atomic mass is 10.2. The van der Waals surface area contributed by atoms with Gasteiger partial charge < -0.3 is 20.1 Å². The van der Waals surface area contributed by atoms with E-state index in [4.69, 9.17) is 9.47 Å². The minimum absolute atomic E-state index is 0. The van der Waals surface area contributed by atoms with Crippen molar-refractivity contribution in [2.24, 2.45) is 0 Å². The van der Waals surface area contributed by atoms with Crippen LogP contribution in [0.2, 0.25) is 0 Å². The standard InChI is InChI=1S/C14H19FN2O3.ClH/c1-2-20-13-7-10(15)3-4-12(13)17-14(18)8-11-9-19-6-5-16-11;/h3-4,7,11,16H,2,5-6,8-9H2,1H3,(H,17,18);1H. The van der Waals surface area contributed by atoms with Crippen molar-refractivity contribution >= 4 is 24.0 Å². The Bertz CT molecular complexity index is 468. The molecule has 0 aromatic heterocycles. The van der Waals surface area contributed by atoms with Crippen molar-refractivity contribution in [1.82, 2.24) is 5.32 Å². The number of carbonyl (C=O) groups is 1. The summed E-state index contributed by atoms with van der Waals surface area (Å²) in [6, 6.07) is 4.07. The molecule has 1 aliphatic rings. The number of benzene rings is 1. The first-order valence-corrected chi connectivity index (χ1v) is 6.72. The van der Waals surface area contributed by atoms with E-state index in [1.165, 1.54) is 18.2 Å². The zero-order valence-corrected chi connectivity index (χ0v) is 12.7. The average molecular weight is 319 g/mol. The monoisotopic (exact) mass is 318 g/mol. The molecule has 0 saturated carbocycles. The second kappa shape index (κ2) is 8.81. The number of halogens is 2. The second-order valence-electron chi connectivity index (χ2n) is 4.55. The van der Waals surface area contributed by atoms with Gasteiger partial charge in [-0.1, -0.05) is 0 Å². The van der Waals surface area contributed by atoms with E-state index >= 15 is 0 Å². The third-order valence-corrected chi connectivity index (χ3v) is 2.95. The Balaban J connectivity index is 0.00000220. The molecule has 1 heterocycles. The summed E-state index contributed by atoms with van der Waals surface area (Å²) in [5.74, 6) is -0.205. The van der Waals surface area contributed by atoms with E-state index in [0.717, 1.165) is 6.54 Å². The van der Waals surface area contributed by atoms with Crippen LogP contribution in [0.3, 0.4) is 0 Å². The Labute approximate surface area is 129 Å². The molecular formula is C14H20ClFN2O3. The summed E-state index contributed by atoms with van der Waals surface area (Å²) < 4.78 is 23.8. The number of ether oxygens (including phenoxy) is 2. The molecule has 118 valence electrons. The van der Waals surface area contributed by atoms with Crippen LogP contribution in [-0.4, -0.2) is 38.3 Å². The number of nitrogens with one attached hydrogen (secondary N) is 2. The largest absolute Gasteiger partial charge is 0.492 e. The summed E-state index contributed by atoms with van der Waals surface area (Å²) in [7, 11) is 0. The van der Waals surface area contributed by atoms with E-state index < -0.39 is 5.82 Å². The maximum absolute atomic E-state index is 13.2. The molecule has 5 nitrogen and oxygen atoms in total. The highest BCUT2D eigenvalue weighted by atomic mass is 35.5. The van der Waals surface area contributed by atoms with Crippen molar-refractivity contribution in [3.05, 3.63) is 24.0 Å². The topological polar surface area (TPSA) is 59.6 Å². The van der Waals surface area contributed by atoms with E-state index in [1.54, 1.807) is 6.92 Å². The van der Waals surface area contributed by atoms with Crippen molar-refractivity contribution in [2.45, 2.75) is 19.4 Å². The van der Waals surface area contributed by atoms with Crippen molar-refractivity contribution < 1.29 is 18.7 Å². The molecule has 2 N–H and O–H groups in total. The van der Waals surface area contributed by atoms with Crippen LogP contribution in [0.15, 0.2) is 18.2 Å². The minimum Gasteiger partial charge on any atom is -0.492 e. The van der Waals surface area contributed by atoms with Crippen LogP contribution >= 0.6 is 12.4 Å². The molecule has 0 aliphatic carbocycles. The lowest BCUT2D eigenvalue weighted by Gasteiger charge is -2.23. The minimum atomic E-state index is -0.395. The summed E-state index contributed by atoms with van der Waals surface area (Å²) in [6.45, 7) is 4.16. The van der Waals surface area contributed by atoms with Crippen molar-refractivity contribution in [3.63, 3.8) is 0 Å². The first kappa shape index (κ1) is 17.7. The van der Waals surface area contributed by atoms with Gasteiger partial charge in [0, 0.05) is 25.1 Å². The van der Waals surface area contributed by atoms with Crippen molar-refractivity contribution in [3.8, 4) is 5.75 Å². The fraction of sp³-hybridized carbons (Fsp3) is 0.500. The maximum atomic E-state index is 13.2. The highest BCUT2D eigenvalue weighted by molar-refractivity contribution is 5.92. The molecule has 1 unspecified atom stereocenters. The third-order valence-electron chi connectivity index (χ3n) is 2.95. The third kappa shape index (κ3) is 5.49. The summed E-state index contributed by atoms with van der Waals surface area (Å²) in [6.07, 6.45) is 0.308. The normalized spacial score (nSPS) is 17.7. The molecule has 1 atom stereocenters. The van der Waals surface area contributed by atoms with Crippen LogP contribution in [0, 0.1) is 5.82 Å². The Morgan fingerprint density at radius 3 is 3.05 bits per heavy atom. The average Bonchev–Trinajstić information content (AvgIpc) is 2.43. The number of anilines is 1. The van der Waals surface area contributed by atoms with Crippen molar-refractivity contribution in [2.75, 3.05) is 31.7 Å². The fourth-order valence-corrected chi connectivity index (χ4v) is 2.05. The summed E-state index contributed by atoms with van der Waals surface area (Å²) >= 11 is 0. The smallest absolute Gasteiger partial charge is 0.226 e. The van der Waals surface area contributed by atoms with Gasteiger partial charge >= 0.3 is 0 Å². The molecule has 1 aliphatic heterocycles. The quantitative estimate of drug-likeness (QED) is 0.871. The van der Waals surface area contributed by atoms with Gasteiger partial charge in [-0.15, -0.1) is 12.4 Å². The van der Waals surface area contributed by atoms with Gasteiger partial charge in [-0.2, -0.15) is 0 Å². The number of hydrogen-bond acceptors (Lipinski definition) is 4. The number of carbonyl (C=O) groups excluding carboxylic acids is 1. The molecule has 0 radical (unpaired) electrons. The molecule has 2 rings (SSSR count). The molecule has 1 amide bonds. The van der Waals surface area contributed by atoms with Crippen molar-refractivity contribution in [1.29, 1.82) is 0 Å². The molecule has 0 spiro atoms. The van der Waals surface area contributed by atoms with Gasteiger partial charge in [0.15, 0.2) is 0 Å². The molecule has 1 aromatic rings. The van der Waals surface area contributed by atoms with E-state index in [-0.39, 0.29) is 24.4 Å². The molecule has 1 fully saturated rings. The number of morpholine rings is 1. The van der Waals surface area contributed by atoms with E-state index in [0.29, 0.717) is 37.7 Å². The highest BCUT2D eigenvalue weighted by Crippen LogP contribution is 2.25. The number of rotatable bonds is 5. The first-order chi connectivity index (χ1) is 9.69. The van der Waals surface area contributed by atoms with Crippen LogP contribution < -0.4 is 15.4 Å². The van der Waals surface area contributed by atoms with Gasteiger partial charge in [0.1, 0.15) is 11.6 Å². The molecule has 0 bridgehead atoms. The predicted octanol–water partition coefficient (Wildman–Crippen LogP) is 1.96. The predicted molar refractivity (Wildman–Crippen MR) is 80.7 cm³/mol. The van der Waals surface area contributed by atoms with Gasteiger partial charge in [0.25, 0.3) is 0 Å². The highest BCUT2D eigenvalue weighted by Gasteiger charge is 2.18. The van der Waals surface area contributed by atoms with E-state index in [1.807, 2.05) is 0 Å². The molecular weight excluding hydrogens is 299 g/mol. The Kier molecular flexibility index (Phi) is 7.42. The van der Waals surface area contributed by atoms with Gasteiger partial charge in [0.2, 0.25) is 5.91 Å². The van der Waals surface area contributed by atoms with Crippen LogP contribution in [0.25, 0.3) is 0 Å². The van der Waals surface area contributed by atoms with E-state index in [9.17, 15) is 9.18 Å². The lowest BCUT2D eigenvalue weighted by molar-refractivity contribution is -0.117. The maximum Gasteiger partial charge on any atom is 0.226 e. The van der Waals surface area contributed by atoms with Gasteiger partial charge in [-0.25, -0.2) is 4.39 Å². The zero-order valence-electron chi connectivity index (χ0n) is 11.9. The van der Waals surface area contributed by atoms with Crippen LogP contribution in [0.5, 0.6) is 5.75 Å². The Morgan fingerprint density at radius 1 is 1.57 bits per heavy atom. The van der Waals surface area contributed by atoms with Gasteiger partial charge in [-0.3, -0.25) is 4.79 Å². The molecule has 21 heavy (non-hydrogen) atoms. The lowest BCUT2D eigenvalue weighted by Crippen LogP contribution is -2.43. The molecule has 1 aromatic carbocycles. The first-order valence-electron chi connectivity index (χ1n) is 6.72. The summed E-state index contributed by atoms with van der Waals surface area (Å²) in [5.41, 5.74) is 0.481.